The summed E-state index contributed by atoms with van der Waals surface area (Å²) in [4.78, 5) is 16.5. The monoisotopic (exact) mass is 254 g/mol. The Labute approximate surface area is 113 Å². The third kappa shape index (κ3) is 3.41. The van der Waals surface area contributed by atoms with Gasteiger partial charge in [0.25, 0.3) is 5.91 Å². The molecule has 98 valence electrons. The Hall–Kier alpha value is -2.16. The van der Waals surface area contributed by atoms with Crippen molar-refractivity contribution in [1.82, 2.24) is 10.3 Å². The maximum atomic E-state index is 12.2. The Morgan fingerprint density at radius 2 is 1.89 bits per heavy atom. The number of carbonyl (C=O) groups excluding carboxylic acids is 1. The molecule has 19 heavy (non-hydrogen) atoms. The number of nitrogens with zero attached hydrogens (tertiary/aromatic N) is 1. The van der Waals surface area contributed by atoms with Crippen LogP contribution in [0.1, 0.15) is 41.4 Å². The van der Waals surface area contributed by atoms with Crippen molar-refractivity contribution in [3.8, 4) is 0 Å². The summed E-state index contributed by atoms with van der Waals surface area (Å²) >= 11 is 0. The summed E-state index contributed by atoms with van der Waals surface area (Å²) in [5, 5.41) is 2.93. The Balaban J connectivity index is 2.08. The van der Waals surface area contributed by atoms with Crippen LogP contribution in [0.3, 0.4) is 0 Å². The van der Waals surface area contributed by atoms with E-state index in [4.69, 9.17) is 0 Å². The molecule has 2 aromatic rings. The first-order valence-corrected chi connectivity index (χ1v) is 6.45. The minimum Gasteiger partial charge on any atom is -0.348 e. The maximum Gasteiger partial charge on any atom is 0.253 e. The summed E-state index contributed by atoms with van der Waals surface area (Å²) in [6.45, 7) is 4.61. The van der Waals surface area contributed by atoms with Gasteiger partial charge < -0.3 is 5.32 Å². The third-order valence-corrected chi connectivity index (χ3v) is 2.93. The summed E-state index contributed by atoms with van der Waals surface area (Å²) in [6, 6.07) is 13.5. The van der Waals surface area contributed by atoms with Gasteiger partial charge in [0.15, 0.2) is 0 Å². The lowest BCUT2D eigenvalue weighted by Gasteiger charge is -2.11. The summed E-state index contributed by atoms with van der Waals surface area (Å²) < 4.78 is 0. The fourth-order valence-corrected chi connectivity index (χ4v) is 1.94. The van der Waals surface area contributed by atoms with Crippen LogP contribution in [-0.4, -0.2) is 10.9 Å². The summed E-state index contributed by atoms with van der Waals surface area (Å²) in [6.07, 6.45) is 1.73. The van der Waals surface area contributed by atoms with Crippen molar-refractivity contribution in [3.05, 3.63) is 65.5 Å². The Bertz CT molecular complexity index is 550. The molecule has 0 saturated heterocycles. The quantitative estimate of drug-likeness (QED) is 0.910. The molecule has 0 atom stereocenters. The molecule has 2 rings (SSSR count). The minimum absolute atomic E-state index is 0.0688. The first-order chi connectivity index (χ1) is 9.18. The van der Waals surface area contributed by atoms with Gasteiger partial charge in [0, 0.05) is 12.7 Å². The van der Waals surface area contributed by atoms with Gasteiger partial charge in [-0.1, -0.05) is 44.2 Å². The second-order valence-corrected chi connectivity index (χ2v) is 4.76. The number of nitrogens with one attached hydrogen (secondary N) is 1. The van der Waals surface area contributed by atoms with E-state index in [9.17, 15) is 4.79 Å². The molecule has 0 fully saturated rings. The van der Waals surface area contributed by atoms with E-state index < -0.39 is 0 Å². The molecule has 0 radical (unpaired) electrons. The van der Waals surface area contributed by atoms with Gasteiger partial charge in [0.1, 0.15) is 0 Å². The van der Waals surface area contributed by atoms with E-state index in [0.29, 0.717) is 12.1 Å². The highest BCUT2D eigenvalue weighted by Crippen LogP contribution is 2.16. The van der Waals surface area contributed by atoms with Gasteiger partial charge in [-0.15, -0.1) is 0 Å². The van der Waals surface area contributed by atoms with Gasteiger partial charge in [-0.2, -0.15) is 0 Å². The number of aromatic nitrogens is 1. The molecule has 0 aliphatic rings. The standard InChI is InChI=1S/C16H18N2O/c1-12(2)15-14(9-6-10-17-15)16(19)18-11-13-7-4-3-5-8-13/h3-10,12H,11H2,1-2H3,(H,18,19). The first-order valence-electron chi connectivity index (χ1n) is 6.45. The Morgan fingerprint density at radius 3 is 2.58 bits per heavy atom. The number of hydrogen-bond donors (Lipinski definition) is 1. The summed E-state index contributed by atoms with van der Waals surface area (Å²) in [7, 11) is 0. The maximum absolute atomic E-state index is 12.2. The fourth-order valence-electron chi connectivity index (χ4n) is 1.94. The van der Waals surface area contributed by atoms with Gasteiger partial charge in [-0.25, -0.2) is 0 Å². The van der Waals surface area contributed by atoms with E-state index in [2.05, 4.69) is 10.3 Å². The zero-order chi connectivity index (χ0) is 13.7. The summed E-state index contributed by atoms with van der Waals surface area (Å²) in [5.74, 6) is 0.166. The molecule has 1 heterocycles. The molecule has 0 unspecified atom stereocenters. The molecular weight excluding hydrogens is 236 g/mol. The van der Waals surface area contributed by atoms with Gasteiger partial charge in [-0.05, 0) is 23.6 Å². The second-order valence-electron chi connectivity index (χ2n) is 4.76. The molecule has 1 N–H and O–H groups in total. The van der Waals surface area contributed by atoms with Gasteiger partial charge in [-0.3, -0.25) is 9.78 Å². The molecule has 0 aliphatic heterocycles. The van der Waals surface area contributed by atoms with Crippen molar-refractivity contribution >= 4 is 5.91 Å². The van der Waals surface area contributed by atoms with E-state index in [-0.39, 0.29) is 11.8 Å². The lowest BCUT2D eigenvalue weighted by atomic mass is 10.0. The van der Waals surface area contributed by atoms with Crippen LogP contribution in [0.2, 0.25) is 0 Å². The zero-order valence-electron chi connectivity index (χ0n) is 11.3. The molecule has 0 bridgehead atoms. The molecule has 1 aromatic carbocycles. The van der Waals surface area contributed by atoms with Gasteiger partial charge in [0.05, 0.1) is 11.3 Å². The normalized spacial score (nSPS) is 10.5. The SMILES string of the molecule is CC(C)c1ncccc1C(=O)NCc1ccccc1. The number of benzene rings is 1. The number of carbonyl (C=O) groups is 1. The average Bonchev–Trinajstić information content (AvgIpc) is 2.46. The fraction of sp³-hybridized carbons (Fsp3) is 0.250. The van der Waals surface area contributed by atoms with E-state index in [1.807, 2.05) is 50.2 Å². The highest BCUT2D eigenvalue weighted by molar-refractivity contribution is 5.95. The van der Waals surface area contributed by atoms with Crippen molar-refractivity contribution in [3.63, 3.8) is 0 Å². The second kappa shape index (κ2) is 6.14. The van der Waals surface area contributed by atoms with E-state index >= 15 is 0 Å². The van der Waals surface area contributed by atoms with E-state index in [1.54, 1.807) is 12.3 Å². The zero-order valence-corrected chi connectivity index (χ0v) is 11.3. The Kier molecular flexibility index (Phi) is 4.29. The van der Waals surface area contributed by atoms with Crippen LogP contribution in [0.25, 0.3) is 0 Å². The van der Waals surface area contributed by atoms with E-state index in [1.165, 1.54) is 0 Å². The van der Waals surface area contributed by atoms with Crippen LogP contribution < -0.4 is 5.32 Å². The van der Waals surface area contributed by atoms with Gasteiger partial charge >= 0.3 is 0 Å². The van der Waals surface area contributed by atoms with E-state index in [0.717, 1.165) is 11.3 Å². The molecular formula is C16H18N2O. The lowest BCUT2D eigenvalue weighted by Crippen LogP contribution is -2.24. The van der Waals surface area contributed by atoms with Crippen molar-refractivity contribution in [2.75, 3.05) is 0 Å². The highest BCUT2D eigenvalue weighted by Gasteiger charge is 2.13. The van der Waals surface area contributed by atoms with Crippen molar-refractivity contribution in [2.45, 2.75) is 26.3 Å². The molecule has 0 spiro atoms. The van der Waals surface area contributed by atoms with Crippen LogP contribution in [0.15, 0.2) is 48.7 Å². The molecule has 3 nitrogen and oxygen atoms in total. The van der Waals surface area contributed by atoms with Gasteiger partial charge in [0.2, 0.25) is 0 Å². The van der Waals surface area contributed by atoms with Crippen molar-refractivity contribution in [2.24, 2.45) is 0 Å². The van der Waals surface area contributed by atoms with Crippen LogP contribution in [0.5, 0.6) is 0 Å². The lowest BCUT2D eigenvalue weighted by molar-refractivity contribution is 0.0949. The van der Waals surface area contributed by atoms with Crippen molar-refractivity contribution in [1.29, 1.82) is 0 Å². The van der Waals surface area contributed by atoms with Crippen LogP contribution in [0.4, 0.5) is 0 Å². The predicted molar refractivity (Wildman–Crippen MR) is 75.9 cm³/mol. The number of amides is 1. The van der Waals surface area contributed by atoms with Crippen LogP contribution in [-0.2, 0) is 6.54 Å². The predicted octanol–water partition coefficient (Wildman–Crippen LogP) is 3.14. The molecule has 1 aromatic heterocycles. The Morgan fingerprint density at radius 1 is 1.16 bits per heavy atom. The largest absolute Gasteiger partial charge is 0.348 e. The summed E-state index contributed by atoms with van der Waals surface area (Å²) in [5.41, 5.74) is 2.59. The molecule has 0 saturated carbocycles. The average molecular weight is 254 g/mol. The number of hydrogen-bond acceptors (Lipinski definition) is 2. The smallest absolute Gasteiger partial charge is 0.253 e. The topological polar surface area (TPSA) is 42.0 Å². The molecule has 0 aliphatic carbocycles. The van der Waals surface area contributed by atoms with Crippen LogP contribution in [0, 0.1) is 0 Å². The van der Waals surface area contributed by atoms with Crippen molar-refractivity contribution < 1.29 is 4.79 Å². The molecule has 3 heteroatoms. The third-order valence-electron chi connectivity index (χ3n) is 2.93. The number of rotatable bonds is 4. The first kappa shape index (κ1) is 13.3. The minimum atomic E-state index is -0.0688. The number of pyridine rings is 1. The molecule has 1 amide bonds. The highest BCUT2D eigenvalue weighted by atomic mass is 16.1. The van der Waals surface area contributed by atoms with Crippen LogP contribution >= 0.6 is 0 Å².